The smallest absolute Gasteiger partial charge is 0.331 e. The fraction of sp³-hybridized carbons (Fsp3) is 0.600. The third kappa shape index (κ3) is 6.54. The first kappa shape index (κ1) is 13.5. The number of carbonyl (C=O) groups excluding carboxylic acids is 2. The van der Waals surface area contributed by atoms with E-state index < -0.39 is 5.97 Å². The molecular weight excluding hydrogens is 196 g/mol. The van der Waals surface area contributed by atoms with Gasteiger partial charge in [0.2, 0.25) is 5.91 Å². The van der Waals surface area contributed by atoms with Gasteiger partial charge in [0.1, 0.15) is 6.04 Å². The first-order valence-corrected chi connectivity index (χ1v) is 4.90. The lowest BCUT2D eigenvalue weighted by Gasteiger charge is -2.11. The van der Waals surface area contributed by atoms with E-state index in [1.165, 1.54) is 19.4 Å². The first-order valence-electron chi connectivity index (χ1n) is 4.90. The summed E-state index contributed by atoms with van der Waals surface area (Å²) < 4.78 is 4.39. The first-order chi connectivity index (χ1) is 7.11. The molecule has 5 nitrogen and oxygen atoms in total. The summed E-state index contributed by atoms with van der Waals surface area (Å²) in [5.74, 6) is -0.546. The summed E-state index contributed by atoms with van der Waals surface area (Å²) in [5.41, 5.74) is 0. The van der Waals surface area contributed by atoms with Gasteiger partial charge in [-0.1, -0.05) is 6.92 Å². The molecule has 0 saturated carbocycles. The predicted molar refractivity (Wildman–Crippen MR) is 57.1 cm³/mol. The monoisotopic (exact) mass is 214 g/mol. The largest absolute Gasteiger partial charge is 0.466 e. The molecule has 86 valence electrons. The number of esters is 1. The molecule has 0 aromatic rings. The van der Waals surface area contributed by atoms with Crippen molar-refractivity contribution in [3.05, 3.63) is 12.3 Å². The number of methoxy groups -OCH3 is 1. The number of nitrogens with one attached hydrogen (secondary N) is 2. The summed E-state index contributed by atoms with van der Waals surface area (Å²) in [7, 11) is 1.30. The Morgan fingerprint density at radius 1 is 1.47 bits per heavy atom. The summed E-state index contributed by atoms with van der Waals surface area (Å²) in [5, 5.41) is 5.50. The van der Waals surface area contributed by atoms with Crippen LogP contribution in [-0.2, 0) is 14.3 Å². The standard InChI is InChI=1S/C10H18N2O3/c1-4-6-12-10(14)8(2)11-7-5-9(13)15-3/h5,7-8,11H,4,6H2,1-3H3,(H,12,14)/b7-5+. The normalized spacial score (nSPS) is 12.2. The van der Waals surface area contributed by atoms with Crippen molar-refractivity contribution in [1.29, 1.82) is 0 Å². The second-order valence-corrected chi connectivity index (χ2v) is 3.04. The van der Waals surface area contributed by atoms with Crippen molar-refractivity contribution < 1.29 is 14.3 Å². The van der Waals surface area contributed by atoms with E-state index >= 15 is 0 Å². The minimum absolute atomic E-state index is 0.0913. The van der Waals surface area contributed by atoms with Gasteiger partial charge in [0.25, 0.3) is 0 Å². The molecule has 0 spiro atoms. The van der Waals surface area contributed by atoms with E-state index in [9.17, 15) is 9.59 Å². The van der Waals surface area contributed by atoms with Crippen LogP contribution in [0.4, 0.5) is 0 Å². The number of rotatable bonds is 6. The van der Waals surface area contributed by atoms with E-state index in [4.69, 9.17) is 0 Å². The summed E-state index contributed by atoms with van der Waals surface area (Å²) in [6.45, 7) is 4.35. The maximum absolute atomic E-state index is 11.3. The lowest BCUT2D eigenvalue weighted by molar-refractivity contribution is -0.135. The zero-order valence-electron chi connectivity index (χ0n) is 9.37. The molecular formula is C10H18N2O3. The Morgan fingerprint density at radius 3 is 2.67 bits per heavy atom. The maximum Gasteiger partial charge on any atom is 0.331 e. The van der Waals surface area contributed by atoms with Crippen molar-refractivity contribution in [3.8, 4) is 0 Å². The average molecular weight is 214 g/mol. The van der Waals surface area contributed by atoms with Crippen LogP contribution in [0.1, 0.15) is 20.3 Å². The summed E-state index contributed by atoms with van der Waals surface area (Å²) in [6, 6.07) is -0.363. The fourth-order valence-corrected chi connectivity index (χ4v) is 0.806. The van der Waals surface area contributed by atoms with Gasteiger partial charge in [-0.05, 0) is 13.3 Å². The molecule has 0 aliphatic carbocycles. The Morgan fingerprint density at radius 2 is 2.13 bits per heavy atom. The van der Waals surface area contributed by atoms with Crippen LogP contribution in [0.5, 0.6) is 0 Å². The molecule has 0 fully saturated rings. The van der Waals surface area contributed by atoms with Crippen LogP contribution in [0.15, 0.2) is 12.3 Å². The number of hydrogen-bond acceptors (Lipinski definition) is 4. The van der Waals surface area contributed by atoms with Crippen LogP contribution in [0.2, 0.25) is 0 Å². The van der Waals surface area contributed by atoms with Gasteiger partial charge in [0.15, 0.2) is 0 Å². The van der Waals surface area contributed by atoms with Gasteiger partial charge in [-0.15, -0.1) is 0 Å². The second-order valence-electron chi connectivity index (χ2n) is 3.04. The summed E-state index contributed by atoms with van der Waals surface area (Å²) in [6.07, 6.45) is 3.53. The van der Waals surface area contributed by atoms with Gasteiger partial charge in [-0.25, -0.2) is 4.79 Å². The molecule has 0 heterocycles. The van der Waals surface area contributed by atoms with Crippen molar-refractivity contribution in [2.75, 3.05) is 13.7 Å². The van der Waals surface area contributed by atoms with Crippen LogP contribution in [0.25, 0.3) is 0 Å². The molecule has 0 aromatic carbocycles. The predicted octanol–water partition coefficient (Wildman–Crippen LogP) is 0.177. The highest BCUT2D eigenvalue weighted by atomic mass is 16.5. The van der Waals surface area contributed by atoms with E-state index in [1.54, 1.807) is 6.92 Å². The minimum Gasteiger partial charge on any atom is -0.466 e. The van der Waals surface area contributed by atoms with E-state index in [2.05, 4.69) is 15.4 Å². The van der Waals surface area contributed by atoms with Gasteiger partial charge in [0, 0.05) is 18.8 Å². The molecule has 0 rings (SSSR count). The SMILES string of the molecule is CCCNC(=O)C(C)N/C=C/C(=O)OC. The second kappa shape index (κ2) is 7.84. The lowest BCUT2D eigenvalue weighted by atomic mass is 10.3. The van der Waals surface area contributed by atoms with Crippen LogP contribution < -0.4 is 10.6 Å². The number of carbonyl (C=O) groups is 2. The van der Waals surface area contributed by atoms with Gasteiger partial charge >= 0.3 is 5.97 Å². The van der Waals surface area contributed by atoms with Gasteiger partial charge in [-0.2, -0.15) is 0 Å². The molecule has 2 N–H and O–H groups in total. The van der Waals surface area contributed by atoms with Gasteiger partial charge in [0.05, 0.1) is 7.11 Å². The Labute approximate surface area is 89.9 Å². The number of ether oxygens (including phenoxy) is 1. The Bertz CT molecular complexity index is 239. The van der Waals surface area contributed by atoms with Crippen molar-refractivity contribution in [2.45, 2.75) is 26.3 Å². The van der Waals surface area contributed by atoms with Crippen molar-refractivity contribution in [2.24, 2.45) is 0 Å². The number of amides is 1. The zero-order valence-corrected chi connectivity index (χ0v) is 9.37. The van der Waals surface area contributed by atoms with Gasteiger partial charge < -0.3 is 15.4 Å². The zero-order chi connectivity index (χ0) is 11.7. The Balaban J connectivity index is 3.82. The molecule has 1 atom stereocenters. The van der Waals surface area contributed by atoms with Crippen LogP contribution in [0, 0.1) is 0 Å². The molecule has 0 bridgehead atoms. The fourth-order valence-electron chi connectivity index (χ4n) is 0.806. The third-order valence-corrected chi connectivity index (χ3v) is 1.71. The summed E-state index contributed by atoms with van der Waals surface area (Å²) >= 11 is 0. The average Bonchev–Trinajstić information content (AvgIpc) is 2.25. The molecule has 0 saturated heterocycles. The van der Waals surface area contributed by atoms with Crippen molar-refractivity contribution >= 4 is 11.9 Å². The highest BCUT2D eigenvalue weighted by molar-refractivity contribution is 5.83. The highest BCUT2D eigenvalue weighted by Crippen LogP contribution is 1.84. The summed E-state index contributed by atoms with van der Waals surface area (Å²) in [4.78, 5) is 22.0. The van der Waals surface area contributed by atoms with E-state index in [1.807, 2.05) is 6.92 Å². The molecule has 0 aliphatic heterocycles. The van der Waals surface area contributed by atoms with Crippen LogP contribution in [-0.4, -0.2) is 31.6 Å². The van der Waals surface area contributed by atoms with Crippen molar-refractivity contribution in [3.63, 3.8) is 0 Å². The highest BCUT2D eigenvalue weighted by Gasteiger charge is 2.08. The maximum atomic E-state index is 11.3. The van der Waals surface area contributed by atoms with Crippen molar-refractivity contribution in [1.82, 2.24) is 10.6 Å². The molecule has 0 aliphatic rings. The molecule has 5 heteroatoms. The number of hydrogen-bond donors (Lipinski definition) is 2. The molecule has 1 amide bonds. The quantitative estimate of drug-likeness (QED) is 0.489. The van der Waals surface area contributed by atoms with Gasteiger partial charge in [-0.3, -0.25) is 4.79 Å². The van der Waals surface area contributed by atoms with Crippen LogP contribution in [0.3, 0.4) is 0 Å². The molecule has 0 aromatic heterocycles. The van der Waals surface area contributed by atoms with E-state index in [-0.39, 0.29) is 11.9 Å². The molecule has 0 radical (unpaired) electrons. The topological polar surface area (TPSA) is 67.4 Å². The Kier molecular flexibility index (Phi) is 7.05. The Hall–Kier alpha value is -1.52. The molecule has 1 unspecified atom stereocenters. The third-order valence-electron chi connectivity index (χ3n) is 1.71. The van der Waals surface area contributed by atoms with E-state index in [0.717, 1.165) is 6.42 Å². The van der Waals surface area contributed by atoms with Crippen LogP contribution >= 0.6 is 0 Å². The van der Waals surface area contributed by atoms with E-state index in [0.29, 0.717) is 6.54 Å². The lowest BCUT2D eigenvalue weighted by Crippen LogP contribution is -2.40. The minimum atomic E-state index is -0.455. The molecule has 15 heavy (non-hydrogen) atoms.